The Bertz CT molecular complexity index is 1030. The average Bonchev–Trinajstić information content (AvgIpc) is 3.39. The van der Waals surface area contributed by atoms with Gasteiger partial charge in [0.1, 0.15) is 36.1 Å². The number of rotatable bonds is 4. The van der Waals surface area contributed by atoms with Crippen molar-refractivity contribution in [1.29, 1.82) is 0 Å². The molecule has 0 bridgehead atoms. The molecule has 1 aliphatic heterocycles. The topological polar surface area (TPSA) is 156 Å². The summed E-state index contributed by atoms with van der Waals surface area (Å²) in [5, 5.41) is 34.7. The van der Waals surface area contributed by atoms with Gasteiger partial charge >= 0.3 is 0 Å². The fourth-order valence-corrected chi connectivity index (χ4v) is 4.25. The van der Waals surface area contributed by atoms with Gasteiger partial charge in [0.2, 0.25) is 0 Å². The summed E-state index contributed by atoms with van der Waals surface area (Å²) in [7, 11) is 1.55. The molecule has 0 spiro atoms. The van der Waals surface area contributed by atoms with E-state index in [9.17, 15) is 20.1 Å². The molecule has 1 aliphatic rings. The van der Waals surface area contributed by atoms with Gasteiger partial charge in [-0.2, -0.15) is 0 Å². The van der Waals surface area contributed by atoms with E-state index in [1.807, 2.05) is 0 Å². The quantitative estimate of drug-likeness (QED) is 0.397. The maximum atomic E-state index is 11.9. The SMILES string of the molecule is CNC(=O)c1csc(-c2cn([C@@H]3O[C@H](CO)[C@@H](O)[C@H]3O)c3ncnc(N)c23)c1. The largest absolute Gasteiger partial charge is 0.394 e. The lowest BCUT2D eigenvalue weighted by molar-refractivity contribution is -0.0508. The van der Waals surface area contributed by atoms with Crippen LogP contribution < -0.4 is 11.1 Å². The monoisotopic (exact) mass is 405 g/mol. The van der Waals surface area contributed by atoms with Crippen molar-refractivity contribution in [3.63, 3.8) is 0 Å². The Labute approximate surface area is 163 Å². The molecule has 3 aromatic rings. The average molecular weight is 405 g/mol. The molecule has 1 fully saturated rings. The number of nitrogens with zero attached hydrogens (tertiary/aromatic N) is 3. The fraction of sp³-hybridized carbons (Fsp3) is 0.353. The summed E-state index contributed by atoms with van der Waals surface area (Å²) in [6.45, 7) is -0.432. The molecule has 4 rings (SSSR count). The van der Waals surface area contributed by atoms with E-state index >= 15 is 0 Å². The van der Waals surface area contributed by atoms with Crippen molar-refractivity contribution in [3.8, 4) is 10.4 Å². The summed E-state index contributed by atoms with van der Waals surface area (Å²) in [6, 6.07) is 1.73. The zero-order valence-corrected chi connectivity index (χ0v) is 15.6. The highest BCUT2D eigenvalue weighted by atomic mass is 32.1. The van der Waals surface area contributed by atoms with Crippen molar-refractivity contribution in [3.05, 3.63) is 29.5 Å². The third kappa shape index (κ3) is 2.84. The van der Waals surface area contributed by atoms with Gasteiger partial charge in [0, 0.05) is 29.1 Å². The van der Waals surface area contributed by atoms with Crippen LogP contribution in [0, 0.1) is 0 Å². The summed E-state index contributed by atoms with van der Waals surface area (Å²) in [5.41, 5.74) is 7.67. The molecule has 28 heavy (non-hydrogen) atoms. The summed E-state index contributed by atoms with van der Waals surface area (Å²) in [4.78, 5) is 21.0. The molecule has 10 nitrogen and oxygen atoms in total. The third-order valence-corrected chi connectivity index (χ3v) is 5.75. The van der Waals surface area contributed by atoms with E-state index in [2.05, 4.69) is 15.3 Å². The van der Waals surface area contributed by atoms with Gasteiger partial charge < -0.3 is 35.7 Å². The predicted molar refractivity (Wildman–Crippen MR) is 102 cm³/mol. The number of fused-ring (bicyclic) bond motifs is 1. The predicted octanol–water partition coefficient (Wildman–Crippen LogP) is -0.287. The molecule has 0 radical (unpaired) electrons. The molecule has 6 N–H and O–H groups in total. The van der Waals surface area contributed by atoms with Crippen LogP contribution in [0.3, 0.4) is 0 Å². The highest BCUT2D eigenvalue weighted by Crippen LogP contribution is 2.40. The van der Waals surface area contributed by atoms with Gasteiger partial charge in [-0.3, -0.25) is 4.79 Å². The van der Waals surface area contributed by atoms with Gasteiger partial charge in [0.05, 0.1) is 17.6 Å². The minimum Gasteiger partial charge on any atom is -0.394 e. The molecule has 0 unspecified atom stereocenters. The number of thiophene rings is 1. The smallest absolute Gasteiger partial charge is 0.251 e. The molecule has 4 atom stereocenters. The van der Waals surface area contributed by atoms with E-state index in [0.717, 1.165) is 4.88 Å². The van der Waals surface area contributed by atoms with Gasteiger partial charge in [0.25, 0.3) is 5.91 Å². The number of aliphatic hydroxyl groups is 3. The minimum atomic E-state index is -1.26. The first kappa shape index (κ1) is 18.8. The lowest BCUT2D eigenvalue weighted by Crippen LogP contribution is -2.33. The van der Waals surface area contributed by atoms with Crippen molar-refractivity contribution in [2.45, 2.75) is 24.5 Å². The van der Waals surface area contributed by atoms with Crippen molar-refractivity contribution in [1.82, 2.24) is 19.9 Å². The second-order valence-electron chi connectivity index (χ2n) is 6.42. The second kappa shape index (κ2) is 7.11. The van der Waals surface area contributed by atoms with Gasteiger partial charge in [0.15, 0.2) is 6.23 Å². The van der Waals surface area contributed by atoms with Crippen molar-refractivity contribution >= 4 is 34.1 Å². The van der Waals surface area contributed by atoms with E-state index in [0.29, 0.717) is 22.2 Å². The van der Waals surface area contributed by atoms with E-state index in [4.69, 9.17) is 10.5 Å². The molecule has 3 aromatic heterocycles. The van der Waals surface area contributed by atoms with Crippen LogP contribution in [0.15, 0.2) is 24.0 Å². The van der Waals surface area contributed by atoms with Crippen LogP contribution in [0.5, 0.6) is 0 Å². The number of amides is 1. The van der Waals surface area contributed by atoms with Crippen LogP contribution in [0.1, 0.15) is 16.6 Å². The molecule has 11 heteroatoms. The van der Waals surface area contributed by atoms with Crippen molar-refractivity contribution in [2.75, 3.05) is 19.4 Å². The van der Waals surface area contributed by atoms with Gasteiger partial charge in [-0.25, -0.2) is 9.97 Å². The van der Waals surface area contributed by atoms with Crippen molar-refractivity contribution < 1.29 is 24.9 Å². The Morgan fingerprint density at radius 2 is 2.18 bits per heavy atom. The first-order chi connectivity index (χ1) is 13.5. The number of hydrogen-bond donors (Lipinski definition) is 5. The zero-order valence-electron chi connectivity index (χ0n) is 14.8. The second-order valence-corrected chi connectivity index (χ2v) is 7.33. The Hall–Kier alpha value is -2.57. The highest BCUT2D eigenvalue weighted by molar-refractivity contribution is 7.14. The number of ether oxygens (including phenoxy) is 1. The fourth-order valence-electron chi connectivity index (χ4n) is 3.34. The van der Waals surface area contributed by atoms with Crippen LogP contribution in [-0.2, 0) is 4.74 Å². The number of aliphatic hydroxyl groups excluding tert-OH is 3. The number of carbonyl (C=O) groups is 1. The third-order valence-electron chi connectivity index (χ3n) is 4.78. The van der Waals surface area contributed by atoms with Gasteiger partial charge in [-0.05, 0) is 6.07 Å². The molecule has 4 heterocycles. The lowest BCUT2D eigenvalue weighted by Gasteiger charge is -2.17. The summed E-state index contributed by atoms with van der Waals surface area (Å²) in [6.07, 6.45) is -1.39. The van der Waals surface area contributed by atoms with E-state index in [-0.39, 0.29) is 11.7 Å². The standard InChI is InChI=1S/C17H19N5O5S/c1-19-16(26)7-2-10(28-5-7)8-3-22(15-11(8)14(18)20-6-21-15)17-13(25)12(24)9(4-23)27-17/h2-3,5-6,9,12-13,17,23-25H,4H2,1H3,(H,19,26)(H2,18,20,21)/t9-,12-,13-,17-/m1/s1. The number of nitrogen functional groups attached to an aromatic ring is 1. The molecule has 0 saturated carbocycles. The van der Waals surface area contributed by atoms with Crippen LogP contribution in [0.25, 0.3) is 21.5 Å². The van der Waals surface area contributed by atoms with E-state index in [1.54, 1.807) is 29.3 Å². The summed E-state index contributed by atoms with van der Waals surface area (Å²) in [5.74, 6) is 0.0271. The molecule has 1 saturated heterocycles. The number of aromatic nitrogens is 3. The van der Waals surface area contributed by atoms with E-state index < -0.39 is 31.1 Å². The zero-order chi connectivity index (χ0) is 20.0. The normalized spacial score (nSPS) is 24.7. The lowest BCUT2D eigenvalue weighted by atomic mass is 10.1. The molecular weight excluding hydrogens is 386 g/mol. The Balaban J connectivity index is 1.85. The highest BCUT2D eigenvalue weighted by Gasteiger charge is 2.44. The molecule has 1 amide bonds. The number of nitrogens with two attached hydrogens (primary N) is 1. The number of hydrogen-bond acceptors (Lipinski definition) is 9. The van der Waals surface area contributed by atoms with Gasteiger partial charge in [-0.15, -0.1) is 11.3 Å². The summed E-state index contributed by atoms with van der Waals surface area (Å²) >= 11 is 1.35. The van der Waals surface area contributed by atoms with Crippen LogP contribution in [0.4, 0.5) is 5.82 Å². The molecule has 0 aromatic carbocycles. The van der Waals surface area contributed by atoms with Crippen LogP contribution in [0.2, 0.25) is 0 Å². The molecule has 0 aliphatic carbocycles. The number of carbonyl (C=O) groups excluding carboxylic acids is 1. The first-order valence-electron chi connectivity index (χ1n) is 8.50. The van der Waals surface area contributed by atoms with Crippen LogP contribution in [-0.4, -0.2) is 67.7 Å². The van der Waals surface area contributed by atoms with Crippen LogP contribution >= 0.6 is 11.3 Å². The van der Waals surface area contributed by atoms with E-state index in [1.165, 1.54) is 17.7 Å². The van der Waals surface area contributed by atoms with Crippen molar-refractivity contribution in [2.24, 2.45) is 0 Å². The maximum Gasteiger partial charge on any atom is 0.251 e. The number of nitrogens with one attached hydrogen (secondary N) is 1. The number of anilines is 1. The maximum absolute atomic E-state index is 11.9. The molecule has 148 valence electrons. The Morgan fingerprint density at radius 3 is 2.86 bits per heavy atom. The Morgan fingerprint density at radius 1 is 1.39 bits per heavy atom. The summed E-state index contributed by atoms with van der Waals surface area (Å²) < 4.78 is 7.19. The molecular formula is C17H19N5O5S. The Kier molecular flexibility index (Phi) is 4.77. The first-order valence-corrected chi connectivity index (χ1v) is 9.38. The van der Waals surface area contributed by atoms with Gasteiger partial charge in [-0.1, -0.05) is 0 Å². The minimum absolute atomic E-state index is 0.209.